The van der Waals surface area contributed by atoms with E-state index in [1.54, 1.807) is 0 Å². The SMILES string of the molecule is CNC(c1cc(C)nnc1C)C1CCCOC1. The van der Waals surface area contributed by atoms with E-state index < -0.39 is 0 Å². The summed E-state index contributed by atoms with van der Waals surface area (Å²) in [6.45, 7) is 5.75. The van der Waals surface area contributed by atoms with Crippen LogP contribution in [0.5, 0.6) is 0 Å². The molecule has 1 N–H and O–H groups in total. The van der Waals surface area contributed by atoms with Crippen molar-refractivity contribution in [3.05, 3.63) is 23.0 Å². The summed E-state index contributed by atoms with van der Waals surface area (Å²) in [5, 5.41) is 11.7. The largest absolute Gasteiger partial charge is 0.381 e. The Hall–Kier alpha value is -1.00. The average molecular weight is 235 g/mol. The van der Waals surface area contributed by atoms with Gasteiger partial charge in [-0.25, -0.2) is 0 Å². The molecule has 2 unspecified atom stereocenters. The molecule has 1 aliphatic heterocycles. The molecule has 2 atom stereocenters. The van der Waals surface area contributed by atoms with Gasteiger partial charge in [0.15, 0.2) is 0 Å². The van der Waals surface area contributed by atoms with Crippen LogP contribution in [0.25, 0.3) is 0 Å². The molecule has 0 radical (unpaired) electrons. The molecule has 0 bridgehead atoms. The Bertz CT molecular complexity index is 375. The Balaban J connectivity index is 2.24. The molecule has 4 heteroatoms. The maximum Gasteiger partial charge on any atom is 0.0648 e. The van der Waals surface area contributed by atoms with Crippen LogP contribution in [0, 0.1) is 19.8 Å². The molecule has 1 aliphatic rings. The first-order valence-corrected chi connectivity index (χ1v) is 6.28. The fourth-order valence-electron chi connectivity index (χ4n) is 2.56. The van der Waals surface area contributed by atoms with Crippen LogP contribution >= 0.6 is 0 Å². The number of aromatic nitrogens is 2. The Morgan fingerprint density at radius 1 is 1.41 bits per heavy atom. The number of rotatable bonds is 3. The van der Waals surface area contributed by atoms with Gasteiger partial charge in [0.2, 0.25) is 0 Å². The second-order valence-corrected chi connectivity index (χ2v) is 4.77. The van der Waals surface area contributed by atoms with Gasteiger partial charge in [-0.15, -0.1) is 0 Å². The van der Waals surface area contributed by atoms with E-state index in [1.807, 2.05) is 20.9 Å². The molecule has 0 aliphatic carbocycles. The molecular formula is C13H21N3O. The van der Waals surface area contributed by atoms with Crippen molar-refractivity contribution in [1.29, 1.82) is 0 Å². The molecule has 1 aromatic heterocycles. The minimum absolute atomic E-state index is 0.324. The van der Waals surface area contributed by atoms with Gasteiger partial charge in [0, 0.05) is 18.6 Å². The maximum absolute atomic E-state index is 5.58. The van der Waals surface area contributed by atoms with Crippen LogP contribution in [-0.2, 0) is 4.74 Å². The van der Waals surface area contributed by atoms with Crippen molar-refractivity contribution < 1.29 is 4.74 Å². The van der Waals surface area contributed by atoms with Gasteiger partial charge in [0.25, 0.3) is 0 Å². The zero-order chi connectivity index (χ0) is 12.3. The molecule has 1 aromatic rings. The second-order valence-electron chi connectivity index (χ2n) is 4.77. The van der Waals surface area contributed by atoms with Crippen molar-refractivity contribution in [3.8, 4) is 0 Å². The molecule has 0 spiro atoms. The van der Waals surface area contributed by atoms with Gasteiger partial charge in [-0.05, 0) is 45.4 Å². The second kappa shape index (κ2) is 5.56. The highest BCUT2D eigenvalue weighted by Crippen LogP contribution is 2.29. The van der Waals surface area contributed by atoms with Crippen LogP contribution in [0.2, 0.25) is 0 Å². The van der Waals surface area contributed by atoms with Gasteiger partial charge >= 0.3 is 0 Å². The number of nitrogens with zero attached hydrogens (tertiary/aromatic N) is 2. The predicted molar refractivity (Wildman–Crippen MR) is 66.8 cm³/mol. The zero-order valence-corrected chi connectivity index (χ0v) is 10.9. The summed E-state index contributed by atoms with van der Waals surface area (Å²) >= 11 is 0. The third kappa shape index (κ3) is 2.82. The van der Waals surface area contributed by atoms with Crippen LogP contribution in [0.1, 0.15) is 35.8 Å². The van der Waals surface area contributed by atoms with E-state index in [2.05, 4.69) is 21.6 Å². The van der Waals surface area contributed by atoms with Crippen molar-refractivity contribution in [1.82, 2.24) is 15.5 Å². The van der Waals surface area contributed by atoms with Crippen molar-refractivity contribution in [2.24, 2.45) is 5.92 Å². The lowest BCUT2D eigenvalue weighted by molar-refractivity contribution is 0.0400. The first kappa shape index (κ1) is 12.5. The van der Waals surface area contributed by atoms with Crippen molar-refractivity contribution in [2.75, 3.05) is 20.3 Å². The van der Waals surface area contributed by atoms with E-state index in [4.69, 9.17) is 4.74 Å². The fourth-order valence-corrected chi connectivity index (χ4v) is 2.56. The Labute approximate surface area is 103 Å². The summed E-state index contributed by atoms with van der Waals surface area (Å²) in [6.07, 6.45) is 2.37. The van der Waals surface area contributed by atoms with Gasteiger partial charge in [-0.2, -0.15) is 10.2 Å². The molecule has 4 nitrogen and oxygen atoms in total. The van der Waals surface area contributed by atoms with Gasteiger partial charge in [-0.1, -0.05) is 0 Å². The highest BCUT2D eigenvalue weighted by Gasteiger charge is 2.26. The molecule has 17 heavy (non-hydrogen) atoms. The molecule has 0 aromatic carbocycles. The first-order valence-electron chi connectivity index (χ1n) is 6.28. The lowest BCUT2D eigenvalue weighted by Gasteiger charge is -2.30. The number of nitrogens with one attached hydrogen (secondary N) is 1. The fraction of sp³-hybridized carbons (Fsp3) is 0.692. The number of hydrogen-bond acceptors (Lipinski definition) is 4. The number of aryl methyl sites for hydroxylation is 2. The van der Waals surface area contributed by atoms with Gasteiger partial charge in [-0.3, -0.25) is 0 Å². The first-order chi connectivity index (χ1) is 8.22. The summed E-state index contributed by atoms with van der Waals surface area (Å²) in [6, 6.07) is 2.46. The van der Waals surface area contributed by atoms with E-state index >= 15 is 0 Å². The summed E-state index contributed by atoms with van der Waals surface area (Å²) in [5.41, 5.74) is 3.25. The van der Waals surface area contributed by atoms with E-state index in [9.17, 15) is 0 Å². The van der Waals surface area contributed by atoms with Crippen LogP contribution in [0.4, 0.5) is 0 Å². The van der Waals surface area contributed by atoms with Gasteiger partial charge in [0.05, 0.1) is 18.0 Å². The molecule has 2 rings (SSSR count). The third-order valence-corrected chi connectivity index (χ3v) is 3.45. The van der Waals surface area contributed by atoms with E-state index in [1.165, 1.54) is 12.0 Å². The monoisotopic (exact) mass is 235 g/mol. The topological polar surface area (TPSA) is 47.0 Å². The van der Waals surface area contributed by atoms with Crippen LogP contribution in [0.15, 0.2) is 6.07 Å². The Kier molecular flexibility index (Phi) is 4.07. The van der Waals surface area contributed by atoms with Gasteiger partial charge in [0.1, 0.15) is 0 Å². The van der Waals surface area contributed by atoms with Crippen molar-refractivity contribution in [3.63, 3.8) is 0 Å². The highest BCUT2D eigenvalue weighted by atomic mass is 16.5. The molecule has 2 heterocycles. The number of hydrogen-bond donors (Lipinski definition) is 1. The highest BCUT2D eigenvalue weighted by molar-refractivity contribution is 5.24. The quantitative estimate of drug-likeness (QED) is 0.867. The molecule has 0 saturated carbocycles. The summed E-state index contributed by atoms with van der Waals surface area (Å²) in [7, 11) is 2.01. The molecule has 1 saturated heterocycles. The minimum Gasteiger partial charge on any atom is -0.381 e. The van der Waals surface area contributed by atoms with Gasteiger partial charge < -0.3 is 10.1 Å². The Morgan fingerprint density at radius 3 is 2.88 bits per heavy atom. The van der Waals surface area contributed by atoms with Crippen LogP contribution in [-0.4, -0.2) is 30.5 Å². The lowest BCUT2D eigenvalue weighted by Crippen LogP contribution is -2.32. The standard InChI is InChI=1S/C13H21N3O/c1-9-7-12(10(2)16-15-9)13(14-3)11-5-4-6-17-8-11/h7,11,13-14H,4-6,8H2,1-3H3. The normalized spacial score (nSPS) is 22.4. The van der Waals surface area contributed by atoms with Crippen LogP contribution in [0.3, 0.4) is 0 Å². The molecule has 0 amide bonds. The smallest absolute Gasteiger partial charge is 0.0648 e. The van der Waals surface area contributed by atoms with Crippen LogP contribution < -0.4 is 5.32 Å². The molecular weight excluding hydrogens is 214 g/mol. The van der Waals surface area contributed by atoms with Crippen molar-refractivity contribution >= 4 is 0 Å². The average Bonchev–Trinajstić information content (AvgIpc) is 2.36. The molecule has 94 valence electrons. The van der Waals surface area contributed by atoms with E-state index in [0.717, 1.165) is 31.0 Å². The van der Waals surface area contributed by atoms with Crippen molar-refractivity contribution in [2.45, 2.75) is 32.7 Å². The number of ether oxygens (including phenoxy) is 1. The molecule has 1 fully saturated rings. The maximum atomic E-state index is 5.58. The summed E-state index contributed by atoms with van der Waals surface area (Å²) in [4.78, 5) is 0. The Morgan fingerprint density at radius 2 is 2.24 bits per heavy atom. The minimum atomic E-state index is 0.324. The predicted octanol–water partition coefficient (Wildman–Crippen LogP) is 1.78. The summed E-state index contributed by atoms with van der Waals surface area (Å²) in [5.74, 6) is 0.538. The zero-order valence-electron chi connectivity index (χ0n) is 10.9. The third-order valence-electron chi connectivity index (χ3n) is 3.45. The van der Waals surface area contributed by atoms with E-state index in [-0.39, 0.29) is 0 Å². The lowest BCUT2D eigenvalue weighted by atomic mass is 9.88. The summed E-state index contributed by atoms with van der Waals surface area (Å²) < 4.78 is 5.58. The van der Waals surface area contributed by atoms with E-state index in [0.29, 0.717) is 12.0 Å².